The van der Waals surface area contributed by atoms with Gasteiger partial charge in [-0.25, -0.2) is 0 Å². The molecule has 3 rings (SSSR count). The van der Waals surface area contributed by atoms with Gasteiger partial charge in [0.25, 0.3) is 0 Å². The minimum atomic E-state index is -0.650. The third kappa shape index (κ3) is 6.04. The maximum atomic E-state index is 12.3. The first-order valence-corrected chi connectivity index (χ1v) is 9.12. The van der Waals surface area contributed by atoms with Crippen molar-refractivity contribution in [1.29, 1.82) is 0 Å². The number of carbonyl (C=O) groups excluding carboxylic acids is 3. The molecule has 6 heteroatoms. The molecule has 0 spiro atoms. The van der Waals surface area contributed by atoms with E-state index in [0.717, 1.165) is 11.1 Å². The summed E-state index contributed by atoms with van der Waals surface area (Å²) in [5.41, 5.74) is 8.10. The van der Waals surface area contributed by atoms with Crippen molar-refractivity contribution in [2.24, 2.45) is 5.73 Å². The van der Waals surface area contributed by atoms with Crippen LogP contribution in [0.5, 0.6) is 0 Å². The summed E-state index contributed by atoms with van der Waals surface area (Å²) >= 11 is 0. The van der Waals surface area contributed by atoms with E-state index in [-0.39, 0.29) is 30.2 Å². The van der Waals surface area contributed by atoms with Crippen LogP contribution in [-0.2, 0) is 22.4 Å². The summed E-state index contributed by atoms with van der Waals surface area (Å²) in [7, 11) is 0. The Bertz CT molecular complexity index is 944. The molecule has 0 bridgehead atoms. The molecule has 0 fully saturated rings. The van der Waals surface area contributed by atoms with Gasteiger partial charge in [0.05, 0.1) is 12.8 Å². The standard InChI is InChI=1S/C23H21N3O3/c24-23(29)18-13-19(25-21(27)11-16-7-3-1-4-8-16)15-20(14-18)26-22(28)12-17-9-5-2-6-10-17/h1-10,13-15H,11-12H2,(H2,24,29)(H,25,27)(H,26,28). The molecule has 29 heavy (non-hydrogen) atoms. The van der Waals surface area contributed by atoms with E-state index in [1.54, 1.807) is 6.07 Å². The molecule has 3 aromatic rings. The summed E-state index contributed by atoms with van der Waals surface area (Å²) in [6, 6.07) is 23.2. The zero-order valence-electron chi connectivity index (χ0n) is 15.7. The molecule has 4 N–H and O–H groups in total. The van der Waals surface area contributed by atoms with Gasteiger partial charge < -0.3 is 16.4 Å². The Balaban J connectivity index is 1.72. The molecule has 0 aliphatic carbocycles. The van der Waals surface area contributed by atoms with Crippen LogP contribution in [0.15, 0.2) is 78.9 Å². The molecule has 0 saturated carbocycles. The maximum Gasteiger partial charge on any atom is 0.248 e. The highest BCUT2D eigenvalue weighted by Crippen LogP contribution is 2.20. The van der Waals surface area contributed by atoms with Gasteiger partial charge in [-0.2, -0.15) is 0 Å². The molecule has 6 nitrogen and oxygen atoms in total. The number of nitrogens with two attached hydrogens (primary N) is 1. The highest BCUT2D eigenvalue weighted by molar-refractivity contribution is 6.00. The van der Waals surface area contributed by atoms with Crippen molar-refractivity contribution in [1.82, 2.24) is 0 Å². The molecule has 0 aromatic heterocycles. The van der Waals surface area contributed by atoms with Crippen LogP contribution in [0.4, 0.5) is 11.4 Å². The highest BCUT2D eigenvalue weighted by atomic mass is 16.2. The minimum absolute atomic E-state index is 0.192. The van der Waals surface area contributed by atoms with E-state index in [0.29, 0.717) is 11.4 Å². The summed E-state index contributed by atoms with van der Waals surface area (Å²) in [5, 5.41) is 5.50. The van der Waals surface area contributed by atoms with Crippen molar-refractivity contribution in [2.75, 3.05) is 10.6 Å². The van der Waals surface area contributed by atoms with Crippen molar-refractivity contribution >= 4 is 29.1 Å². The topological polar surface area (TPSA) is 101 Å². The molecule has 0 saturated heterocycles. The zero-order valence-corrected chi connectivity index (χ0v) is 15.7. The summed E-state index contributed by atoms with van der Waals surface area (Å²) in [6.07, 6.45) is 0.384. The third-order valence-electron chi connectivity index (χ3n) is 4.20. The van der Waals surface area contributed by atoms with Crippen molar-refractivity contribution in [3.8, 4) is 0 Å². The zero-order chi connectivity index (χ0) is 20.6. The van der Waals surface area contributed by atoms with Crippen LogP contribution in [0, 0.1) is 0 Å². The first kappa shape index (κ1) is 19.8. The van der Waals surface area contributed by atoms with Gasteiger partial charge in [0.1, 0.15) is 0 Å². The summed E-state index contributed by atoms with van der Waals surface area (Å²) < 4.78 is 0. The lowest BCUT2D eigenvalue weighted by atomic mass is 10.1. The van der Waals surface area contributed by atoms with Crippen molar-refractivity contribution in [3.63, 3.8) is 0 Å². The molecule has 0 aliphatic heterocycles. The second-order valence-corrected chi connectivity index (χ2v) is 6.58. The van der Waals surface area contributed by atoms with Gasteiger partial charge in [0.15, 0.2) is 0 Å². The van der Waals surface area contributed by atoms with E-state index in [4.69, 9.17) is 5.73 Å². The Kier molecular flexibility index (Phi) is 6.37. The normalized spacial score (nSPS) is 10.2. The van der Waals surface area contributed by atoms with Crippen LogP contribution >= 0.6 is 0 Å². The van der Waals surface area contributed by atoms with Gasteiger partial charge in [0.2, 0.25) is 17.7 Å². The van der Waals surface area contributed by atoms with Crippen molar-refractivity contribution in [2.45, 2.75) is 12.8 Å². The summed E-state index contributed by atoms with van der Waals surface area (Å²) in [4.78, 5) is 36.3. The predicted octanol–water partition coefficient (Wildman–Crippen LogP) is 3.15. The highest BCUT2D eigenvalue weighted by Gasteiger charge is 2.11. The summed E-state index contributed by atoms with van der Waals surface area (Å²) in [5.74, 6) is -1.12. The van der Waals surface area contributed by atoms with Crippen molar-refractivity contribution < 1.29 is 14.4 Å². The van der Waals surface area contributed by atoms with E-state index in [2.05, 4.69) is 10.6 Å². The first-order valence-electron chi connectivity index (χ1n) is 9.12. The van der Waals surface area contributed by atoms with Gasteiger partial charge >= 0.3 is 0 Å². The number of rotatable bonds is 7. The second kappa shape index (κ2) is 9.32. The number of nitrogens with one attached hydrogen (secondary N) is 2. The lowest BCUT2D eigenvalue weighted by molar-refractivity contribution is -0.116. The van der Waals surface area contributed by atoms with Gasteiger partial charge in [-0.15, -0.1) is 0 Å². The number of benzene rings is 3. The number of anilines is 2. The molecular weight excluding hydrogens is 366 g/mol. The van der Waals surface area contributed by atoms with E-state index >= 15 is 0 Å². The van der Waals surface area contributed by atoms with Crippen LogP contribution in [-0.4, -0.2) is 17.7 Å². The van der Waals surface area contributed by atoms with Gasteiger partial charge in [-0.1, -0.05) is 60.7 Å². The molecule has 146 valence electrons. The Morgan fingerprint density at radius 1 is 0.655 bits per heavy atom. The lowest BCUT2D eigenvalue weighted by Crippen LogP contribution is -2.18. The van der Waals surface area contributed by atoms with Gasteiger partial charge in [-0.3, -0.25) is 14.4 Å². The average molecular weight is 387 g/mol. The molecule has 3 aromatic carbocycles. The molecule has 0 heterocycles. The SMILES string of the molecule is NC(=O)c1cc(NC(=O)Cc2ccccc2)cc(NC(=O)Cc2ccccc2)c1. The number of carbonyl (C=O) groups is 3. The van der Waals surface area contributed by atoms with Crippen LogP contribution < -0.4 is 16.4 Å². The largest absolute Gasteiger partial charge is 0.366 e. The Hall–Kier alpha value is -3.93. The molecule has 3 amide bonds. The Morgan fingerprint density at radius 3 is 1.45 bits per heavy atom. The minimum Gasteiger partial charge on any atom is -0.366 e. The third-order valence-corrected chi connectivity index (χ3v) is 4.20. The Labute approximate surface area is 168 Å². The number of hydrogen-bond acceptors (Lipinski definition) is 3. The lowest BCUT2D eigenvalue weighted by Gasteiger charge is -2.11. The van der Waals surface area contributed by atoms with E-state index < -0.39 is 5.91 Å². The number of primary amides is 1. The average Bonchev–Trinajstić information content (AvgIpc) is 2.69. The molecule has 0 aliphatic rings. The molecular formula is C23H21N3O3. The predicted molar refractivity (Wildman–Crippen MR) is 113 cm³/mol. The molecule has 0 atom stereocenters. The molecule has 0 unspecified atom stereocenters. The van der Waals surface area contributed by atoms with Crippen molar-refractivity contribution in [3.05, 3.63) is 95.6 Å². The van der Waals surface area contributed by atoms with Crippen LogP contribution in [0.25, 0.3) is 0 Å². The first-order chi connectivity index (χ1) is 14.0. The monoisotopic (exact) mass is 387 g/mol. The number of amides is 3. The fraction of sp³-hybridized carbons (Fsp3) is 0.0870. The van der Waals surface area contributed by atoms with Gasteiger partial charge in [0, 0.05) is 16.9 Å². The molecule has 0 radical (unpaired) electrons. The number of hydrogen-bond donors (Lipinski definition) is 3. The fourth-order valence-electron chi connectivity index (χ4n) is 2.89. The summed E-state index contributed by atoms with van der Waals surface area (Å²) in [6.45, 7) is 0. The second-order valence-electron chi connectivity index (χ2n) is 6.58. The maximum absolute atomic E-state index is 12.3. The smallest absolute Gasteiger partial charge is 0.248 e. The van der Waals surface area contributed by atoms with E-state index in [1.165, 1.54) is 12.1 Å². The fourth-order valence-corrected chi connectivity index (χ4v) is 2.89. The van der Waals surface area contributed by atoms with E-state index in [9.17, 15) is 14.4 Å². The van der Waals surface area contributed by atoms with Crippen LogP contribution in [0.1, 0.15) is 21.5 Å². The quantitative estimate of drug-likeness (QED) is 0.580. The van der Waals surface area contributed by atoms with Gasteiger partial charge in [-0.05, 0) is 29.3 Å². The van der Waals surface area contributed by atoms with Crippen LogP contribution in [0.2, 0.25) is 0 Å². The van der Waals surface area contributed by atoms with Crippen LogP contribution in [0.3, 0.4) is 0 Å². The van der Waals surface area contributed by atoms with E-state index in [1.807, 2.05) is 60.7 Å². The Morgan fingerprint density at radius 2 is 1.07 bits per heavy atom.